The number of aliphatic hydroxyl groups excluding tert-OH is 1. The number of aliphatic hydroxyl groups is 1. The summed E-state index contributed by atoms with van der Waals surface area (Å²) in [6, 6.07) is 5.08. The molecule has 0 heterocycles. The molecule has 0 bridgehead atoms. The molecule has 0 radical (unpaired) electrons. The lowest BCUT2D eigenvalue weighted by molar-refractivity contribution is -0.121. The van der Waals surface area contributed by atoms with Crippen molar-refractivity contribution in [1.29, 1.82) is 0 Å². The summed E-state index contributed by atoms with van der Waals surface area (Å²) in [5.41, 5.74) is 2.68. The topological polar surface area (TPSA) is 78.4 Å². The minimum absolute atomic E-state index is 0.101. The van der Waals surface area contributed by atoms with E-state index in [2.05, 4.69) is 10.6 Å². The maximum Gasteiger partial charge on any atom is 0.251 e. The molecule has 0 fully saturated rings. The number of hydrogen-bond acceptors (Lipinski definition) is 3. The SMILES string of the molecule is Cc1ccc(C(=O)NCC(=O)NC(C)CO)cc1C. The summed E-state index contributed by atoms with van der Waals surface area (Å²) in [4.78, 5) is 23.3. The molecule has 2 amide bonds. The highest BCUT2D eigenvalue weighted by Crippen LogP contribution is 2.09. The van der Waals surface area contributed by atoms with E-state index in [0.29, 0.717) is 5.56 Å². The third-order valence-corrected chi connectivity index (χ3v) is 2.86. The van der Waals surface area contributed by atoms with Crippen LogP contribution in [0.25, 0.3) is 0 Å². The highest BCUT2D eigenvalue weighted by molar-refractivity contribution is 5.96. The van der Waals surface area contributed by atoms with Gasteiger partial charge in [-0.25, -0.2) is 0 Å². The molecular weight excluding hydrogens is 244 g/mol. The van der Waals surface area contributed by atoms with Crippen molar-refractivity contribution in [3.8, 4) is 0 Å². The quantitative estimate of drug-likeness (QED) is 0.726. The molecule has 19 heavy (non-hydrogen) atoms. The van der Waals surface area contributed by atoms with Crippen molar-refractivity contribution in [3.63, 3.8) is 0 Å². The van der Waals surface area contributed by atoms with Gasteiger partial charge in [0.25, 0.3) is 5.91 Å². The lowest BCUT2D eigenvalue weighted by Crippen LogP contribution is -2.42. The molecule has 1 aromatic rings. The molecule has 1 atom stereocenters. The van der Waals surface area contributed by atoms with Crippen molar-refractivity contribution in [2.24, 2.45) is 0 Å². The zero-order chi connectivity index (χ0) is 14.4. The van der Waals surface area contributed by atoms with Crippen LogP contribution < -0.4 is 10.6 Å². The summed E-state index contributed by atoms with van der Waals surface area (Å²) in [5.74, 6) is -0.603. The van der Waals surface area contributed by atoms with E-state index in [4.69, 9.17) is 5.11 Å². The summed E-state index contributed by atoms with van der Waals surface area (Å²) < 4.78 is 0. The summed E-state index contributed by atoms with van der Waals surface area (Å²) in [6.07, 6.45) is 0. The van der Waals surface area contributed by atoms with Gasteiger partial charge in [-0.1, -0.05) is 6.07 Å². The smallest absolute Gasteiger partial charge is 0.251 e. The minimum Gasteiger partial charge on any atom is -0.394 e. The zero-order valence-corrected chi connectivity index (χ0v) is 11.5. The molecule has 5 nitrogen and oxygen atoms in total. The van der Waals surface area contributed by atoms with Crippen LogP contribution in [0.2, 0.25) is 0 Å². The summed E-state index contributed by atoms with van der Waals surface area (Å²) in [5, 5.41) is 13.9. The predicted octanol–water partition coefficient (Wildman–Crippen LogP) is 0.530. The van der Waals surface area contributed by atoms with Crippen LogP contribution >= 0.6 is 0 Å². The van der Waals surface area contributed by atoms with Crippen molar-refractivity contribution in [1.82, 2.24) is 10.6 Å². The molecule has 1 rings (SSSR count). The molecule has 0 aliphatic heterocycles. The summed E-state index contributed by atoms with van der Waals surface area (Å²) in [6.45, 7) is 5.36. The van der Waals surface area contributed by atoms with Gasteiger partial charge in [0.2, 0.25) is 5.91 Å². The van der Waals surface area contributed by atoms with Crippen molar-refractivity contribution < 1.29 is 14.7 Å². The average Bonchev–Trinajstić information content (AvgIpc) is 2.39. The van der Waals surface area contributed by atoms with Crippen LogP contribution in [-0.2, 0) is 4.79 Å². The first-order valence-electron chi connectivity index (χ1n) is 6.19. The number of nitrogens with one attached hydrogen (secondary N) is 2. The number of aryl methyl sites for hydroxylation is 2. The maximum atomic E-state index is 11.8. The Morgan fingerprint density at radius 2 is 1.95 bits per heavy atom. The Balaban J connectivity index is 2.51. The van der Waals surface area contributed by atoms with E-state index in [1.165, 1.54) is 0 Å². The largest absolute Gasteiger partial charge is 0.394 e. The van der Waals surface area contributed by atoms with Crippen LogP contribution in [-0.4, -0.2) is 36.1 Å². The van der Waals surface area contributed by atoms with Gasteiger partial charge in [0.15, 0.2) is 0 Å². The maximum absolute atomic E-state index is 11.8. The van der Waals surface area contributed by atoms with E-state index < -0.39 is 0 Å². The predicted molar refractivity (Wildman–Crippen MR) is 72.9 cm³/mol. The average molecular weight is 264 g/mol. The highest BCUT2D eigenvalue weighted by atomic mass is 16.3. The van der Waals surface area contributed by atoms with Crippen LogP contribution in [0.5, 0.6) is 0 Å². The monoisotopic (exact) mass is 264 g/mol. The molecular formula is C14H20N2O3. The Kier molecular flexibility index (Phi) is 5.51. The fraction of sp³-hybridized carbons (Fsp3) is 0.429. The second-order valence-electron chi connectivity index (χ2n) is 4.63. The minimum atomic E-state index is -0.321. The zero-order valence-electron chi connectivity index (χ0n) is 11.5. The van der Waals surface area contributed by atoms with Gasteiger partial charge in [0, 0.05) is 11.6 Å². The third-order valence-electron chi connectivity index (χ3n) is 2.86. The van der Waals surface area contributed by atoms with Crippen molar-refractivity contribution in [2.45, 2.75) is 26.8 Å². The first kappa shape index (κ1) is 15.2. The fourth-order valence-corrected chi connectivity index (χ4v) is 1.52. The molecule has 104 valence electrons. The van der Waals surface area contributed by atoms with Crippen molar-refractivity contribution in [2.75, 3.05) is 13.2 Å². The number of rotatable bonds is 5. The lowest BCUT2D eigenvalue weighted by atomic mass is 10.1. The number of hydrogen-bond donors (Lipinski definition) is 3. The normalized spacial score (nSPS) is 11.8. The van der Waals surface area contributed by atoms with Crippen molar-refractivity contribution in [3.05, 3.63) is 34.9 Å². The molecule has 0 aromatic heterocycles. The first-order valence-corrected chi connectivity index (χ1v) is 6.19. The van der Waals surface area contributed by atoms with Crippen LogP contribution in [0.3, 0.4) is 0 Å². The first-order chi connectivity index (χ1) is 8.93. The van der Waals surface area contributed by atoms with Gasteiger partial charge in [-0.05, 0) is 44.0 Å². The summed E-state index contributed by atoms with van der Waals surface area (Å²) in [7, 11) is 0. The van der Waals surface area contributed by atoms with Gasteiger partial charge in [0.1, 0.15) is 0 Å². The van der Waals surface area contributed by atoms with Crippen LogP contribution in [0.1, 0.15) is 28.4 Å². The van der Waals surface area contributed by atoms with E-state index in [0.717, 1.165) is 11.1 Å². The Hall–Kier alpha value is -1.88. The van der Waals surface area contributed by atoms with Crippen molar-refractivity contribution >= 4 is 11.8 Å². The van der Waals surface area contributed by atoms with Gasteiger partial charge in [-0.2, -0.15) is 0 Å². The second-order valence-corrected chi connectivity index (χ2v) is 4.63. The van der Waals surface area contributed by atoms with E-state index in [1.54, 1.807) is 19.1 Å². The number of carbonyl (C=O) groups is 2. The standard InChI is InChI=1S/C14H20N2O3/c1-9-4-5-12(6-10(9)2)14(19)15-7-13(18)16-11(3)8-17/h4-6,11,17H,7-8H2,1-3H3,(H,15,19)(H,16,18). The third kappa shape index (κ3) is 4.71. The molecule has 1 aromatic carbocycles. The highest BCUT2D eigenvalue weighted by Gasteiger charge is 2.10. The van der Waals surface area contributed by atoms with Crippen LogP contribution in [0.15, 0.2) is 18.2 Å². The van der Waals surface area contributed by atoms with Crippen LogP contribution in [0.4, 0.5) is 0 Å². The van der Waals surface area contributed by atoms with E-state index >= 15 is 0 Å². The van der Waals surface area contributed by atoms with E-state index in [9.17, 15) is 9.59 Å². The van der Waals surface area contributed by atoms with E-state index in [1.807, 2.05) is 19.9 Å². The Morgan fingerprint density at radius 3 is 2.53 bits per heavy atom. The molecule has 0 aliphatic rings. The van der Waals surface area contributed by atoms with Gasteiger partial charge in [-0.3, -0.25) is 9.59 Å². The Bertz CT molecular complexity index is 472. The number of amides is 2. The molecule has 0 saturated heterocycles. The van der Waals surface area contributed by atoms with Gasteiger partial charge in [-0.15, -0.1) is 0 Å². The van der Waals surface area contributed by atoms with Gasteiger partial charge < -0.3 is 15.7 Å². The molecule has 0 saturated carbocycles. The van der Waals surface area contributed by atoms with E-state index in [-0.39, 0.29) is 31.0 Å². The molecule has 0 spiro atoms. The molecule has 3 N–H and O–H groups in total. The number of benzene rings is 1. The van der Waals surface area contributed by atoms with Crippen LogP contribution in [0, 0.1) is 13.8 Å². The Morgan fingerprint density at radius 1 is 1.26 bits per heavy atom. The Labute approximate surface area is 113 Å². The molecule has 5 heteroatoms. The fourth-order valence-electron chi connectivity index (χ4n) is 1.52. The van der Waals surface area contributed by atoms with Gasteiger partial charge in [0.05, 0.1) is 13.2 Å². The number of carbonyl (C=O) groups excluding carboxylic acids is 2. The molecule has 0 aliphatic carbocycles. The lowest BCUT2D eigenvalue weighted by Gasteiger charge is -2.11. The summed E-state index contributed by atoms with van der Waals surface area (Å²) >= 11 is 0. The second kappa shape index (κ2) is 6.89. The van der Waals surface area contributed by atoms with Gasteiger partial charge >= 0.3 is 0 Å². The molecule has 1 unspecified atom stereocenters.